The highest BCUT2D eigenvalue weighted by atomic mass is 19.1. The number of carbonyl (C=O) groups excluding carboxylic acids is 1. The van der Waals surface area contributed by atoms with E-state index in [0.29, 0.717) is 54.3 Å². The van der Waals surface area contributed by atoms with Gasteiger partial charge in [0.25, 0.3) is 5.91 Å². The zero-order valence-electron chi connectivity index (χ0n) is 14.5. The normalized spacial score (nSPS) is 12.4. The van der Waals surface area contributed by atoms with Gasteiger partial charge in [-0.2, -0.15) is 5.10 Å². The Labute approximate surface area is 154 Å². The molecule has 0 saturated carbocycles. The minimum atomic E-state index is -0.315. The van der Waals surface area contributed by atoms with Gasteiger partial charge in [0.2, 0.25) is 0 Å². The fourth-order valence-electron chi connectivity index (χ4n) is 3.16. The summed E-state index contributed by atoms with van der Waals surface area (Å²) in [6.07, 6.45) is 3.64. The SMILES string of the molecule is O=C(NCCCO)c1n[nH]c2c1CCc1cnc(-c3ccc(F)cc3)nc1-2. The Bertz CT molecular complexity index is 984. The topological polar surface area (TPSA) is 104 Å². The summed E-state index contributed by atoms with van der Waals surface area (Å²) < 4.78 is 13.2. The van der Waals surface area contributed by atoms with Gasteiger partial charge in [-0.25, -0.2) is 14.4 Å². The number of hydrogen-bond acceptors (Lipinski definition) is 5. The number of aliphatic hydroxyl groups excluding tert-OH is 1. The number of benzene rings is 1. The Hall–Kier alpha value is -3.13. The van der Waals surface area contributed by atoms with E-state index in [1.165, 1.54) is 12.1 Å². The molecule has 1 aliphatic rings. The molecule has 0 aliphatic heterocycles. The molecule has 4 rings (SSSR count). The van der Waals surface area contributed by atoms with Gasteiger partial charge in [0.1, 0.15) is 5.82 Å². The van der Waals surface area contributed by atoms with Crippen molar-refractivity contribution in [1.82, 2.24) is 25.5 Å². The number of aryl methyl sites for hydroxylation is 1. The number of H-pyrrole nitrogens is 1. The van der Waals surface area contributed by atoms with Crippen molar-refractivity contribution in [3.05, 3.63) is 53.1 Å². The van der Waals surface area contributed by atoms with Gasteiger partial charge in [0, 0.05) is 30.5 Å². The van der Waals surface area contributed by atoms with E-state index < -0.39 is 0 Å². The Morgan fingerprint density at radius 3 is 2.85 bits per heavy atom. The highest BCUT2D eigenvalue weighted by Gasteiger charge is 2.26. The molecule has 0 unspecified atom stereocenters. The number of fused-ring (bicyclic) bond motifs is 3. The van der Waals surface area contributed by atoms with Crippen molar-refractivity contribution in [3.8, 4) is 22.8 Å². The predicted octanol–water partition coefficient (Wildman–Crippen LogP) is 1.88. The largest absolute Gasteiger partial charge is 0.396 e. The fraction of sp³-hybridized carbons (Fsp3) is 0.263. The van der Waals surface area contributed by atoms with E-state index in [0.717, 1.165) is 11.1 Å². The highest BCUT2D eigenvalue weighted by molar-refractivity contribution is 5.95. The molecule has 3 aromatic rings. The van der Waals surface area contributed by atoms with Crippen LogP contribution in [0.2, 0.25) is 0 Å². The van der Waals surface area contributed by atoms with Crippen LogP contribution in [-0.2, 0) is 12.8 Å². The molecule has 1 amide bonds. The van der Waals surface area contributed by atoms with Gasteiger partial charge in [-0.1, -0.05) is 0 Å². The Balaban J connectivity index is 1.67. The molecular weight excluding hydrogens is 349 g/mol. The number of amides is 1. The number of aromatic nitrogens is 4. The van der Waals surface area contributed by atoms with E-state index in [9.17, 15) is 9.18 Å². The van der Waals surface area contributed by atoms with Crippen LogP contribution >= 0.6 is 0 Å². The molecule has 1 aliphatic carbocycles. The van der Waals surface area contributed by atoms with Gasteiger partial charge in [0.05, 0.1) is 11.4 Å². The van der Waals surface area contributed by atoms with Crippen molar-refractivity contribution in [3.63, 3.8) is 0 Å². The lowest BCUT2D eigenvalue weighted by Crippen LogP contribution is -2.26. The molecular formula is C19H18FN5O2. The molecule has 0 spiro atoms. The van der Waals surface area contributed by atoms with Gasteiger partial charge in [-0.05, 0) is 49.1 Å². The fourth-order valence-corrected chi connectivity index (χ4v) is 3.16. The third-order valence-electron chi connectivity index (χ3n) is 4.55. The van der Waals surface area contributed by atoms with Crippen LogP contribution in [0.15, 0.2) is 30.5 Å². The van der Waals surface area contributed by atoms with E-state index in [2.05, 4.69) is 25.5 Å². The maximum absolute atomic E-state index is 13.2. The third kappa shape index (κ3) is 3.31. The molecule has 8 heteroatoms. The van der Waals surface area contributed by atoms with Crippen LogP contribution in [-0.4, -0.2) is 44.3 Å². The number of carbonyl (C=O) groups is 1. The summed E-state index contributed by atoms with van der Waals surface area (Å²) in [6, 6.07) is 6.00. The van der Waals surface area contributed by atoms with Crippen molar-refractivity contribution < 1.29 is 14.3 Å². The molecule has 7 nitrogen and oxygen atoms in total. The summed E-state index contributed by atoms with van der Waals surface area (Å²) in [6.45, 7) is 0.417. The van der Waals surface area contributed by atoms with Gasteiger partial charge < -0.3 is 10.4 Å². The van der Waals surface area contributed by atoms with Crippen LogP contribution in [0.25, 0.3) is 22.8 Å². The van der Waals surface area contributed by atoms with Crippen LogP contribution in [0, 0.1) is 5.82 Å². The second-order valence-corrected chi connectivity index (χ2v) is 6.33. The zero-order valence-corrected chi connectivity index (χ0v) is 14.5. The highest BCUT2D eigenvalue weighted by Crippen LogP contribution is 2.33. The number of nitrogens with one attached hydrogen (secondary N) is 2. The molecule has 138 valence electrons. The second kappa shape index (κ2) is 7.24. The monoisotopic (exact) mass is 367 g/mol. The van der Waals surface area contributed by atoms with E-state index in [4.69, 9.17) is 5.11 Å². The quantitative estimate of drug-likeness (QED) is 0.598. The molecule has 3 N–H and O–H groups in total. The third-order valence-corrected chi connectivity index (χ3v) is 4.55. The number of hydrogen-bond donors (Lipinski definition) is 3. The number of nitrogens with zero attached hydrogens (tertiary/aromatic N) is 3. The first-order valence-electron chi connectivity index (χ1n) is 8.76. The molecule has 0 bridgehead atoms. The van der Waals surface area contributed by atoms with Crippen molar-refractivity contribution >= 4 is 5.91 Å². The maximum atomic E-state index is 13.2. The van der Waals surface area contributed by atoms with E-state index in [1.54, 1.807) is 18.3 Å². The average Bonchev–Trinajstić information content (AvgIpc) is 3.13. The summed E-state index contributed by atoms with van der Waals surface area (Å²) in [4.78, 5) is 21.4. The Morgan fingerprint density at radius 2 is 2.07 bits per heavy atom. The van der Waals surface area contributed by atoms with Crippen molar-refractivity contribution in [2.45, 2.75) is 19.3 Å². The molecule has 0 saturated heterocycles. The summed E-state index contributed by atoms with van der Waals surface area (Å²) >= 11 is 0. The first-order valence-corrected chi connectivity index (χ1v) is 8.76. The van der Waals surface area contributed by atoms with Crippen LogP contribution in [0.5, 0.6) is 0 Å². The van der Waals surface area contributed by atoms with Gasteiger partial charge in [0.15, 0.2) is 11.5 Å². The maximum Gasteiger partial charge on any atom is 0.272 e. The van der Waals surface area contributed by atoms with Crippen LogP contribution in [0.4, 0.5) is 4.39 Å². The van der Waals surface area contributed by atoms with Crippen molar-refractivity contribution in [1.29, 1.82) is 0 Å². The standard InChI is InChI=1S/C19H18FN5O2/c20-13-5-2-11(3-6-13)18-22-10-12-4-7-14-16(15(12)23-18)24-25-17(14)19(27)21-8-1-9-26/h2-3,5-6,10,26H,1,4,7-9H2,(H,21,27)(H,24,25). The van der Waals surface area contributed by atoms with Gasteiger partial charge in [-0.3, -0.25) is 9.89 Å². The number of rotatable bonds is 5. The molecule has 0 atom stereocenters. The van der Waals surface area contributed by atoms with Gasteiger partial charge in [-0.15, -0.1) is 0 Å². The number of halogens is 1. The molecule has 0 radical (unpaired) electrons. The molecule has 27 heavy (non-hydrogen) atoms. The summed E-state index contributed by atoms with van der Waals surface area (Å²) in [7, 11) is 0. The molecule has 2 aromatic heterocycles. The average molecular weight is 367 g/mol. The Kier molecular flexibility index (Phi) is 4.64. The van der Waals surface area contributed by atoms with E-state index in [1.807, 2.05) is 0 Å². The first-order chi connectivity index (χ1) is 13.2. The minimum absolute atomic E-state index is 0.0232. The molecule has 1 aromatic carbocycles. The summed E-state index contributed by atoms with van der Waals surface area (Å²) in [5.41, 5.74) is 4.31. The first kappa shape index (κ1) is 17.3. The van der Waals surface area contributed by atoms with Gasteiger partial charge >= 0.3 is 0 Å². The summed E-state index contributed by atoms with van der Waals surface area (Å²) in [5.74, 6) is -0.0909. The van der Waals surface area contributed by atoms with Crippen LogP contribution in [0.1, 0.15) is 28.0 Å². The lowest BCUT2D eigenvalue weighted by atomic mass is 9.93. The number of aromatic amines is 1. The number of aliphatic hydroxyl groups is 1. The predicted molar refractivity (Wildman–Crippen MR) is 96.5 cm³/mol. The molecule has 0 fully saturated rings. The lowest BCUT2D eigenvalue weighted by molar-refractivity contribution is 0.0945. The lowest BCUT2D eigenvalue weighted by Gasteiger charge is -2.16. The van der Waals surface area contributed by atoms with E-state index in [-0.39, 0.29) is 18.3 Å². The van der Waals surface area contributed by atoms with Crippen molar-refractivity contribution in [2.75, 3.05) is 13.2 Å². The van der Waals surface area contributed by atoms with Crippen LogP contribution in [0.3, 0.4) is 0 Å². The smallest absolute Gasteiger partial charge is 0.272 e. The second-order valence-electron chi connectivity index (χ2n) is 6.33. The Morgan fingerprint density at radius 1 is 1.26 bits per heavy atom. The minimum Gasteiger partial charge on any atom is -0.396 e. The summed E-state index contributed by atoms with van der Waals surface area (Å²) in [5, 5.41) is 18.7. The van der Waals surface area contributed by atoms with Crippen LogP contribution < -0.4 is 5.32 Å². The molecule has 2 heterocycles. The van der Waals surface area contributed by atoms with Crippen molar-refractivity contribution in [2.24, 2.45) is 0 Å². The van der Waals surface area contributed by atoms with E-state index >= 15 is 0 Å². The zero-order chi connectivity index (χ0) is 18.8.